The number of nitrogens with zero attached hydrogens (tertiary/aromatic N) is 2. The lowest BCUT2D eigenvalue weighted by Crippen LogP contribution is -2.13. The second-order valence-corrected chi connectivity index (χ2v) is 14.1. The van der Waals surface area contributed by atoms with Gasteiger partial charge in [-0.15, -0.1) is 11.3 Å². The number of benzene rings is 6. The zero-order valence-corrected chi connectivity index (χ0v) is 29.1. The van der Waals surface area contributed by atoms with Gasteiger partial charge in [-0.2, -0.15) is 0 Å². The van der Waals surface area contributed by atoms with Crippen LogP contribution >= 0.6 is 11.3 Å². The molecule has 3 heteroatoms. The first-order valence-corrected chi connectivity index (χ1v) is 18.3. The molecule has 0 N–H and O–H groups in total. The zero-order chi connectivity index (χ0) is 43.8. The summed E-state index contributed by atoms with van der Waals surface area (Å²) in [6, 6.07) is 32.0. The van der Waals surface area contributed by atoms with Gasteiger partial charge in [0.1, 0.15) is 5.00 Å². The minimum Gasteiger partial charge on any atom is -0.310 e. The topological polar surface area (TPSA) is 8.17 Å². The molecule has 0 amide bonds. The van der Waals surface area contributed by atoms with Crippen molar-refractivity contribution < 1.29 is 13.7 Å². The Hall–Kier alpha value is -6.42. The van der Waals surface area contributed by atoms with Gasteiger partial charge in [-0.05, 0) is 100 Å². The monoisotopic (exact) mass is 706 g/mol. The minimum absolute atomic E-state index is 0.112. The number of aromatic nitrogens is 1. The van der Waals surface area contributed by atoms with Gasteiger partial charge in [0.25, 0.3) is 0 Å². The van der Waals surface area contributed by atoms with Crippen LogP contribution in [-0.2, 0) is 0 Å². The molecule has 0 spiro atoms. The summed E-state index contributed by atoms with van der Waals surface area (Å²) in [7, 11) is 0. The molecule has 2 unspecified atom stereocenters. The Kier molecular flexibility index (Phi) is 5.64. The Morgan fingerprint density at radius 2 is 1.19 bits per heavy atom. The first-order chi connectivity index (χ1) is 30.4. The van der Waals surface area contributed by atoms with Gasteiger partial charge in [0.2, 0.25) is 0 Å². The van der Waals surface area contributed by atoms with Crippen LogP contribution in [0.5, 0.6) is 0 Å². The maximum Gasteiger partial charge on any atom is 0.101 e. The van der Waals surface area contributed by atoms with Crippen LogP contribution in [0.15, 0.2) is 200 Å². The van der Waals surface area contributed by atoms with Crippen LogP contribution in [0.25, 0.3) is 55.4 Å². The second kappa shape index (κ2) is 13.3. The van der Waals surface area contributed by atoms with E-state index in [9.17, 15) is 0 Å². The normalized spacial score (nSPS) is 18.3. The van der Waals surface area contributed by atoms with Crippen molar-refractivity contribution in [2.45, 2.75) is 5.92 Å². The van der Waals surface area contributed by atoms with Crippen molar-refractivity contribution in [2.24, 2.45) is 5.92 Å². The Morgan fingerprint density at radius 1 is 0.566 bits per heavy atom. The number of anilines is 3. The molecular formula is C50H36N2S. The smallest absolute Gasteiger partial charge is 0.101 e. The van der Waals surface area contributed by atoms with Gasteiger partial charge in [0.05, 0.1) is 24.9 Å². The average molecular weight is 707 g/mol. The van der Waals surface area contributed by atoms with E-state index in [0.717, 1.165) is 38.0 Å². The highest BCUT2D eigenvalue weighted by molar-refractivity contribution is 7.19. The van der Waals surface area contributed by atoms with Crippen molar-refractivity contribution in [1.29, 1.82) is 0 Å². The molecule has 0 radical (unpaired) electrons. The summed E-state index contributed by atoms with van der Waals surface area (Å²) in [6.45, 7) is 0. The number of para-hydroxylation sites is 1. The highest BCUT2D eigenvalue weighted by atomic mass is 32.1. The molecular weight excluding hydrogens is 661 g/mol. The van der Waals surface area contributed by atoms with E-state index in [1.54, 1.807) is 35.6 Å². The first-order valence-electron chi connectivity index (χ1n) is 22.4. The Labute approximate surface area is 328 Å². The van der Waals surface area contributed by atoms with E-state index in [0.29, 0.717) is 11.1 Å². The SMILES string of the molecule is [2H]c1c([2H])c([2H])c(-c2ccc(N(c3ccc(-c4c([2H])c([2H])c([2H])c([2H])c4[2H])cc3)c3ccc(-c4ccc5c(c4)c4c(n5-c5ccccc5)C=CC5C=CC=CC45)s3)cc2)c([2H])c1[2H]. The fourth-order valence-electron chi connectivity index (χ4n) is 7.51. The lowest BCUT2D eigenvalue weighted by Gasteiger charge is -2.26. The molecule has 2 aromatic heterocycles. The lowest BCUT2D eigenvalue weighted by molar-refractivity contribution is 0.693. The van der Waals surface area contributed by atoms with Gasteiger partial charge in [-0.1, -0.05) is 139 Å². The Morgan fingerprint density at radius 3 is 1.85 bits per heavy atom. The van der Waals surface area contributed by atoms with E-state index >= 15 is 0 Å². The van der Waals surface area contributed by atoms with Crippen LogP contribution < -0.4 is 4.90 Å². The molecule has 2 nitrogen and oxygen atoms in total. The molecule has 6 aromatic carbocycles. The second-order valence-electron chi connectivity index (χ2n) is 13.0. The molecule has 0 bridgehead atoms. The van der Waals surface area contributed by atoms with Crippen LogP contribution in [-0.4, -0.2) is 4.57 Å². The number of hydrogen-bond donors (Lipinski definition) is 0. The van der Waals surface area contributed by atoms with E-state index in [1.165, 1.54) is 16.6 Å². The molecule has 53 heavy (non-hydrogen) atoms. The Bertz CT molecular complexity index is 3070. The summed E-state index contributed by atoms with van der Waals surface area (Å²) in [5, 5.41) is 2.05. The summed E-state index contributed by atoms with van der Waals surface area (Å²) in [5.74, 6) is 0.463. The van der Waals surface area contributed by atoms with Crippen LogP contribution in [0.2, 0.25) is 0 Å². The summed E-state index contributed by atoms with van der Waals surface area (Å²) in [5.41, 5.74) is 8.37. The number of thiophene rings is 1. The predicted octanol–water partition coefficient (Wildman–Crippen LogP) is 14.0. The molecule has 2 atom stereocenters. The fraction of sp³-hybridized carbons (Fsp3) is 0.0400. The largest absolute Gasteiger partial charge is 0.310 e. The van der Waals surface area contributed by atoms with Crippen molar-refractivity contribution in [1.82, 2.24) is 4.57 Å². The molecule has 2 aliphatic rings. The van der Waals surface area contributed by atoms with Crippen LogP contribution in [0, 0.1) is 5.92 Å². The summed E-state index contributed by atoms with van der Waals surface area (Å²) < 4.78 is 85.6. The first kappa shape index (κ1) is 22.5. The van der Waals surface area contributed by atoms with Crippen molar-refractivity contribution in [3.8, 4) is 38.4 Å². The molecule has 2 heterocycles. The molecule has 252 valence electrons. The molecule has 10 rings (SSSR count). The van der Waals surface area contributed by atoms with E-state index in [2.05, 4.69) is 95.6 Å². The van der Waals surface area contributed by atoms with Crippen molar-refractivity contribution in [3.05, 3.63) is 211 Å². The number of hydrogen-bond acceptors (Lipinski definition) is 2. The van der Waals surface area contributed by atoms with Gasteiger partial charge in [-0.25, -0.2) is 0 Å². The molecule has 0 saturated heterocycles. The third-order valence-electron chi connectivity index (χ3n) is 9.97. The summed E-state index contributed by atoms with van der Waals surface area (Å²) in [4.78, 5) is 3.08. The number of fused-ring (bicyclic) bond motifs is 5. The minimum atomic E-state index is -0.450. The highest BCUT2D eigenvalue weighted by Gasteiger charge is 2.30. The van der Waals surface area contributed by atoms with Crippen LogP contribution in [0.3, 0.4) is 0 Å². The van der Waals surface area contributed by atoms with Gasteiger partial charge in [0, 0.05) is 39.2 Å². The third-order valence-corrected chi connectivity index (χ3v) is 11.1. The highest BCUT2D eigenvalue weighted by Crippen LogP contribution is 2.47. The van der Waals surface area contributed by atoms with E-state index in [4.69, 9.17) is 13.7 Å². The van der Waals surface area contributed by atoms with Gasteiger partial charge >= 0.3 is 0 Å². The van der Waals surface area contributed by atoms with Crippen molar-refractivity contribution >= 4 is 44.7 Å². The zero-order valence-electron chi connectivity index (χ0n) is 38.3. The van der Waals surface area contributed by atoms with Crippen molar-refractivity contribution in [3.63, 3.8) is 0 Å². The molecule has 0 saturated carbocycles. The Balaban J connectivity index is 1.09. The molecule has 0 fully saturated rings. The van der Waals surface area contributed by atoms with Gasteiger partial charge in [-0.3, -0.25) is 0 Å². The quantitative estimate of drug-likeness (QED) is 0.160. The molecule has 0 aliphatic heterocycles. The number of allylic oxidation sites excluding steroid dienone is 5. The van der Waals surface area contributed by atoms with E-state index in [-0.39, 0.29) is 47.1 Å². The van der Waals surface area contributed by atoms with Crippen LogP contribution in [0.4, 0.5) is 16.4 Å². The van der Waals surface area contributed by atoms with Crippen LogP contribution in [0.1, 0.15) is 30.9 Å². The predicted molar refractivity (Wildman–Crippen MR) is 226 cm³/mol. The fourth-order valence-corrected chi connectivity index (χ4v) is 8.55. The average Bonchev–Trinajstić information content (AvgIpc) is 3.93. The van der Waals surface area contributed by atoms with Crippen molar-refractivity contribution in [2.75, 3.05) is 4.90 Å². The summed E-state index contributed by atoms with van der Waals surface area (Å²) in [6.07, 6.45) is 13.3. The lowest BCUT2D eigenvalue weighted by atomic mass is 9.78. The summed E-state index contributed by atoms with van der Waals surface area (Å²) >= 11 is 1.60. The third kappa shape index (κ3) is 5.67. The van der Waals surface area contributed by atoms with E-state index < -0.39 is 36.3 Å². The van der Waals surface area contributed by atoms with Gasteiger partial charge in [0.15, 0.2) is 0 Å². The molecule has 2 aliphatic carbocycles. The number of rotatable bonds is 7. The maximum absolute atomic E-state index is 8.56. The van der Waals surface area contributed by atoms with Gasteiger partial charge < -0.3 is 9.47 Å². The molecule has 8 aromatic rings. The maximum atomic E-state index is 8.56. The standard InChI is InChI=1S/C50H36N2S/c1-4-12-35(13-5-1)37-20-26-42(27-21-37)51(43-28-22-38(23-29-43)36-14-6-2-7-15-36)49-33-32-48(53-49)40-25-30-46-45(34-40)50-44-19-11-10-16-39(44)24-31-47(50)52(46)41-17-8-3-9-18-41/h1-34,39,44H/i1D,2D,4D,5D,6D,7D,12D,13D,14D,15D. The van der Waals surface area contributed by atoms with E-state index in [1.807, 2.05) is 35.2 Å².